The van der Waals surface area contributed by atoms with Gasteiger partial charge in [0.15, 0.2) is 5.75 Å². The van der Waals surface area contributed by atoms with Crippen LogP contribution in [0.2, 0.25) is 0 Å². The molecule has 29 heavy (non-hydrogen) atoms. The summed E-state index contributed by atoms with van der Waals surface area (Å²) in [7, 11) is 1.38. The molecule has 6 nitrogen and oxygen atoms in total. The van der Waals surface area contributed by atoms with Crippen molar-refractivity contribution in [2.75, 3.05) is 32.1 Å². The third-order valence-electron chi connectivity index (χ3n) is 4.70. The van der Waals surface area contributed by atoms with Crippen molar-refractivity contribution in [2.45, 2.75) is 51.9 Å². The molecule has 0 aliphatic heterocycles. The van der Waals surface area contributed by atoms with Gasteiger partial charge in [0.05, 0.1) is 13.7 Å². The van der Waals surface area contributed by atoms with E-state index in [9.17, 15) is 9.59 Å². The molecular formula is C23H32N2O4. The zero-order chi connectivity index (χ0) is 20.9. The molecule has 0 saturated heterocycles. The van der Waals surface area contributed by atoms with Gasteiger partial charge in [-0.3, -0.25) is 14.6 Å². The summed E-state index contributed by atoms with van der Waals surface area (Å²) < 4.78 is 10.7. The number of hydrogen-bond acceptors (Lipinski definition) is 6. The van der Waals surface area contributed by atoms with Gasteiger partial charge in [0.2, 0.25) is 0 Å². The van der Waals surface area contributed by atoms with Crippen LogP contribution >= 0.6 is 0 Å². The fraction of sp³-hybridized carbons (Fsp3) is 0.522. The lowest BCUT2D eigenvalue weighted by molar-refractivity contribution is 0.315. The van der Waals surface area contributed by atoms with Gasteiger partial charge < -0.3 is 14.8 Å². The highest BCUT2D eigenvalue weighted by Crippen LogP contribution is 2.16. The van der Waals surface area contributed by atoms with Crippen molar-refractivity contribution >= 4 is 11.9 Å². The quantitative estimate of drug-likeness (QED) is 0.278. The van der Waals surface area contributed by atoms with E-state index in [2.05, 4.69) is 17.2 Å². The van der Waals surface area contributed by atoms with Crippen LogP contribution in [0.3, 0.4) is 0 Å². The Labute approximate surface area is 172 Å². The lowest BCUT2D eigenvalue weighted by Gasteiger charge is -2.12. The van der Waals surface area contributed by atoms with Crippen molar-refractivity contribution in [2.24, 2.45) is 4.99 Å². The van der Waals surface area contributed by atoms with E-state index in [4.69, 9.17) is 9.47 Å². The van der Waals surface area contributed by atoms with E-state index in [0.29, 0.717) is 19.6 Å². The molecule has 0 aromatic heterocycles. The minimum Gasteiger partial charge on any atom is -0.494 e. The predicted octanol–water partition coefficient (Wildman–Crippen LogP) is 3.95. The van der Waals surface area contributed by atoms with E-state index in [1.54, 1.807) is 0 Å². The third-order valence-corrected chi connectivity index (χ3v) is 4.70. The number of unbranched alkanes of at least 4 members (excludes halogenated alkanes) is 5. The maximum Gasteiger partial charge on any atom is 0.271 e. The van der Waals surface area contributed by atoms with Crippen molar-refractivity contribution < 1.29 is 9.47 Å². The Morgan fingerprint density at radius 1 is 1.03 bits per heavy atom. The molecule has 2 rings (SSSR count). The molecule has 0 bridgehead atoms. The van der Waals surface area contributed by atoms with Gasteiger partial charge in [0, 0.05) is 19.3 Å². The monoisotopic (exact) mass is 400 g/mol. The Hall–Kier alpha value is -2.63. The SMILES string of the molecule is CCCCCCCCN=Cc1cccc(OCCCNc2c(OC)c(=O)c2=O)c1. The molecule has 0 aliphatic rings. The van der Waals surface area contributed by atoms with Crippen molar-refractivity contribution in [3.8, 4) is 11.5 Å². The highest BCUT2D eigenvalue weighted by Gasteiger charge is 2.20. The number of methoxy groups -OCH3 is 1. The molecule has 2 aromatic carbocycles. The number of benzene rings is 1. The second-order valence-corrected chi connectivity index (χ2v) is 7.07. The summed E-state index contributed by atoms with van der Waals surface area (Å²) in [6.07, 6.45) is 10.2. The van der Waals surface area contributed by atoms with Crippen LogP contribution in [0.4, 0.5) is 5.69 Å². The molecule has 0 fully saturated rings. The first-order valence-corrected chi connectivity index (χ1v) is 10.5. The summed E-state index contributed by atoms with van der Waals surface area (Å²) in [5.41, 5.74) is 0.207. The first-order chi connectivity index (χ1) is 14.2. The minimum absolute atomic E-state index is 0.115. The molecule has 0 heterocycles. The van der Waals surface area contributed by atoms with Crippen LogP contribution in [0, 0.1) is 0 Å². The Morgan fingerprint density at radius 2 is 1.83 bits per heavy atom. The average Bonchev–Trinajstić information content (AvgIpc) is 2.74. The number of hydrogen-bond donors (Lipinski definition) is 1. The second kappa shape index (κ2) is 12.8. The van der Waals surface area contributed by atoms with Crippen molar-refractivity contribution in [1.82, 2.24) is 0 Å². The molecule has 0 spiro atoms. The van der Waals surface area contributed by atoms with Gasteiger partial charge >= 0.3 is 0 Å². The Balaban J connectivity index is 1.64. The van der Waals surface area contributed by atoms with Gasteiger partial charge in [-0.2, -0.15) is 0 Å². The molecule has 158 valence electrons. The molecule has 1 N–H and O–H groups in total. The van der Waals surface area contributed by atoms with E-state index in [1.165, 1.54) is 39.2 Å². The number of rotatable bonds is 15. The Kier molecular flexibility index (Phi) is 9.96. The largest absolute Gasteiger partial charge is 0.494 e. The van der Waals surface area contributed by atoms with Crippen LogP contribution in [0.1, 0.15) is 57.4 Å². The van der Waals surface area contributed by atoms with Gasteiger partial charge in [-0.15, -0.1) is 0 Å². The molecule has 0 saturated carbocycles. The summed E-state index contributed by atoms with van der Waals surface area (Å²) in [6.45, 7) is 4.13. The zero-order valence-corrected chi connectivity index (χ0v) is 17.5. The summed E-state index contributed by atoms with van der Waals surface area (Å²) in [6, 6.07) is 7.85. The fourth-order valence-corrected chi connectivity index (χ4v) is 3.04. The third kappa shape index (κ3) is 7.37. The second-order valence-electron chi connectivity index (χ2n) is 7.07. The lowest BCUT2D eigenvalue weighted by atomic mass is 10.1. The van der Waals surface area contributed by atoms with Crippen LogP contribution in [0.25, 0.3) is 0 Å². The predicted molar refractivity (Wildman–Crippen MR) is 119 cm³/mol. The van der Waals surface area contributed by atoms with Crippen molar-refractivity contribution in [3.05, 3.63) is 50.3 Å². The Bertz CT molecular complexity index is 838. The van der Waals surface area contributed by atoms with Crippen LogP contribution in [-0.4, -0.2) is 33.0 Å². The zero-order valence-electron chi connectivity index (χ0n) is 17.5. The number of anilines is 1. The van der Waals surface area contributed by atoms with Gasteiger partial charge in [-0.1, -0.05) is 51.2 Å². The van der Waals surface area contributed by atoms with E-state index < -0.39 is 10.9 Å². The summed E-state index contributed by atoms with van der Waals surface area (Å²) >= 11 is 0. The van der Waals surface area contributed by atoms with Crippen molar-refractivity contribution in [1.29, 1.82) is 0 Å². The van der Waals surface area contributed by atoms with Crippen LogP contribution in [0.5, 0.6) is 11.5 Å². The molecule has 2 aromatic rings. The van der Waals surface area contributed by atoms with E-state index in [1.807, 2.05) is 30.5 Å². The van der Waals surface area contributed by atoms with E-state index in [0.717, 1.165) is 24.3 Å². The summed E-state index contributed by atoms with van der Waals surface area (Å²) in [5.74, 6) is 0.907. The smallest absolute Gasteiger partial charge is 0.271 e. The molecular weight excluding hydrogens is 368 g/mol. The molecule has 0 unspecified atom stereocenters. The minimum atomic E-state index is -0.568. The average molecular weight is 401 g/mol. The molecule has 6 heteroatoms. The number of nitrogens with one attached hydrogen (secondary N) is 1. The highest BCUT2D eigenvalue weighted by molar-refractivity contribution is 5.80. The topological polar surface area (TPSA) is 77.0 Å². The number of aliphatic imine (C=N–C) groups is 1. The summed E-state index contributed by atoms with van der Waals surface area (Å²) in [4.78, 5) is 27.2. The van der Waals surface area contributed by atoms with Gasteiger partial charge in [0.1, 0.15) is 11.4 Å². The highest BCUT2D eigenvalue weighted by atomic mass is 16.5. The molecule has 0 radical (unpaired) electrons. The normalized spacial score (nSPS) is 11.2. The van der Waals surface area contributed by atoms with Crippen LogP contribution < -0.4 is 25.6 Å². The van der Waals surface area contributed by atoms with Gasteiger partial charge in [-0.25, -0.2) is 0 Å². The van der Waals surface area contributed by atoms with E-state index >= 15 is 0 Å². The van der Waals surface area contributed by atoms with E-state index in [-0.39, 0.29) is 11.4 Å². The summed E-state index contributed by atoms with van der Waals surface area (Å²) in [5, 5.41) is 2.94. The molecule has 0 aliphatic carbocycles. The number of nitrogens with zero attached hydrogens (tertiary/aromatic N) is 1. The van der Waals surface area contributed by atoms with Crippen LogP contribution in [0.15, 0.2) is 38.8 Å². The lowest BCUT2D eigenvalue weighted by Crippen LogP contribution is -2.35. The molecule has 0 atom stereocenters. The van der Waals surface area contributed by atoms with Gasteiger partial charge in [-0.05, 0) is 30.5 Å². The standard InChI is InChI=1S/C23H32N2O4/c1-3-4-5-6-7-8-13-24-17-18-11-9-12-19(16-18)29-15-10-14-25-20-21(26)22(27)23(20)28-2/h9,11-12,16-17,25H,3-8,10,13-15H2,1-2H3. The molecule has 0 amide bonds. The maximum atomic E-state index is 11.4. The van der Waals surface area contributed by atoms with Crippen LogP contribution in [-0.2, 0) is 0 Å². The fourth-order valence-electron chi connectivity index (χ4n) is 3.04. The first-order valence-electron chi connectivity index (χ1n) is 10.5. The maximum absolute atomic E-state index is 11.4. The van der Waals surface area contributed by atoms with Gasteiger partial charge in [0.25, 0.3) is 10.9 Å². The number of ether oxygens (including phenoxy) is 2. The first kappa shape index (κ1) is 22.7. The Morgan fingerprint density at radius 3 is 2.62 bits per heavy atom. The van der Waals surface area contributed by atoms with Crippen molar-refractivity contribution in [3.63, 3.8) is 0 Å².